The molecular formula is C10H21ClN2. The van der Waals surface area contributed by atoms with Gasteiger partial charge in [-0.3, -0.25) is 9.48 Å². The molecule has 2 nitrogen and oxygen atoms in total. The summed E-state index contributed by atoms with van der Waals surface area (Å²) in [6, 6.07) is 0.636. The van der Waals surface area contributed by atoms with Crippen LogP contribution in [-0.4, -0.2) is 40.5 Å². The van der Waals surface area contributed by atoms with Crippen molar-refractivity contribution in [3.05, 3.63) is 0 Å². The van der Waals surface area contributed by atoms with Crippen LogP contribution in [0.15, 0.2) is 0 Å². The molecule has 1 rings (SSSR count). The number of rotatable bonds is 1. The highest BCUT2D eigenvalue weighted by Crippen LogP contribution is 2.13. The van der Waals surface area contributed by atoms with E-state index in [4.69, 9.17) is 0 Å². The summed E-state index contributed by atoms with van der Waals surface area (Å²) in [5.74, 6) is 0. The predicted octanol–water partition coefficient (Wildman–Crippen LogP) is -1.45. The fourth-order valence-corrected chi connectivity index (χ4v) is 1.42. The standard InChI is InChI=1S/C10H21N2.ClH/c1-9(2)11-6-7-12(8-11)10(3,4)5;/h8-9H,6-7H2,1-5H3;1H/q+1;/p-1. The van der Waals surface area contributed by atoms with E-state index in [1.165, 1.54) is 13.1 Å². The summed E-state index contributed by atoms with van der Waals surface area (Å²) in [6.45, 7) is 13.6. The van der Waals surface area contributed by atoms with Crippen LogP contribution in [0.5, 0.6) is 0 Å². The van der Waals surface area contributed by atoms with Crippen molar-refractivity contribution in [3.8, 4) is 0 Å². The molecule has 0 fully saturated rings. The van der Waals surface area contributed by atoms with Gasteiger partial charge in [-0.2, -0.15) is 0 Å². The Kier molecular flexibility index (Phi) is 4.24. The van der Waals surface area contributed by atoms with Gasteiger partial charge in [-0.25, -0.2) is 0 Å². The first-order chi connectivity index (χ1) is 5.41. The molecule has 0 aromatic carbocycles. The van der Waals surface area contributed by atoms with Crippen molar-refractivity contribution in [1.29, 1.82) is 0 Å². The van der Waals surface area contributed by atoms with Crippen LogP contribution in [-0.2, 0) is 0 Å². The van der Waals surface area contributed by atoms with Crippen LogP contribution in [0.3, 0.4) is 0 Å². The molecule has 1 heterocycles. The Morgan fingerprint density at radius 2 is 1.85 bits per heavy atom. The van der Waals surface area contributed by atoms with Crippen LogP contribution in [0, 0.1) is 0 Å². The smallest absolute Gasteiger partial charge is 0.235 e. The second-order valence-corrected chi connectivity index (χ2v) is 4.81. The number of halogens is 1. The molecule has 0 aromatic rings. The molecule has 0 N–H and O–H groups in total. The highest BCUT2D eigenvalue weighted by Gasteiger charge is 2.30. The predicted molar refractivity (Wildman–Crippen MR) is 52.8 cm³/mol. The van der Waals surface area contributed by atoms with E-state index in [0.29, 0.717) is 6.04 Å². The van der Waals surface area contributed by atoms with Gasteiger partial charge in [0.05, 0.1) is 11.6 Å². The Balaban J connectivity index is 0.00000144. The summed E-state index contributed by atoms with van der Waals surface area (Å²) in [6.07, 6.45) is 2.27. The molecule has 0 aliphatic carbocycles. The lowest BCUT2D eigenvalue weighted by molar-refractivity contribution is -0.545. The molecule has 0 atom stereocenters. The van der Waals surface area contributed by atoms with E-state index < -0.39 is 0 Å². The topological polar surface area (TPSA) is 6.25 Å². The first kappa shape index (κ1) is 12.8. The van der Waals surface area contributed by atoms with E-state index in [-0.39, 0.29) is 17.9 Å². The zero-order valence-corrected chi connectivity index (χ0v) is 10.1. The first-order valence-corrected chi connectivity index (χ1v) is 4.79. The molecule has 0 amide bonds. The second kappa shape index (κ2) is 4.32. The van der Waals surface area contributed by atoms with Gasteiger partial charge in [0, 0.05) is 0 Å². The third kappa shape index (κ3) is 3.18. The van der Waals surface area contributed by atoms with Crippen LogP contribution < -0.4 is 12.4 Å². The third-order valence-corrected chi connectivity index (χ3v) is 2.41. The molecule has 0 saturated heterocycles. The SMILES string of the molecule is CC(C)[N+]1=CN(C(C)(C)C)CC1.[Cl-]. The summed E-state index contributed by atoms with van der Waals surface area (Å²) in [5, 5.41) is 0. The monoisotopic (exact) mass is 204 g/mol. The van der Waals surface area contributed by atoms with Gasteiger partial charge in [0.15, 0.2) is 0 Å². The first-order valence-electron chi connectivity index (χ1n) is 4.79. The zero-order chi connectivity index (χ0) is 9.35. The van der Waals surface area contributed by atoms with Crippen LogP contribution in [0.1, 0.15) is 34.6 Å². The minimum Gasteiger partial charge on any atom is -1.00 e. The van der Waals surface area contributed by atoms with Crippen molar-refractivity contribution < 1.29 is 17.0 Å². The van der Waals surface area contributed by atoms with E-state index in [9.17, 15) is 0 Å². The Hall–Kier alpha value is -0.240. The van der Waals surface area contributed by atoms with Gasteiger partial charge in [-0.05, 0) is 34.6 Å². The molecule has 13 heavy (non-hydrogen) atoms. The molecule has 1 aliphatic rings. The Labute approximate surface area is 88.0 Å². The van der Waals surface area contributed by atoms with Gasteiger partial charge in [0.2, 0.25) is 6.34 Å². The lowest BCUT2D eigenvalue weighted by atomic mass is 10.1. The number of hydrogen-bond acceptors (Lipinski definition) is 1. The van der Waals surface area contributed by atoms with Gasteiger partial charge < -0.3 is 12.4 Å². The van der Waals surface area contributed by atoms with E-state index in [1.807, 2.05) is 0 Å². The molecule has 0 bridgehead atoms. The van der Waals surface area contributed by atoms with Crippen LogP contribution in [0.2, 0.25) is 0 Å². The van der Waals surface area contributed by atoms with E-state index in [0.717, 1.165) is 0 Å². The largest absolute Gasteiger partial charge is 1.00 e. The third-order valence-electron chi connectivity index (χ3n) is 2.41. The van der Waals surface area contributed by atoms with Gasteiger partial charge in [-0.1, -0.05) is 0 Å². The summed E-state index contributed by atoms with van der Waals surface area (Å²) in [7, 11) is 0. The normalized spacial score (nSPS) is 17.4. The number of hydrogen-bond donors (Lipinski definition) is 0. The summed E-state index contributed by atoms with van der Waals surface area (Å²) in [5.41, 5.74) is 0.281. The average Bonchev–Trinajstić information content (AvgIpc) is 2.30. The molecule has 0 aromatic heterocycles. The average molecular weight is 205 g/mol. The van der Waals surface area contributed by atoms with Gasteiger partial charge in [-0.15, -0.1) is 0 Å². The van der Waals surface area contributed by atoms with Crippen molar-refractivity contribution in [1.82, 2.24) is 4.90 Å². The van der Waals surface area contributed by atoms with Crippen molar-refractivity contribution in [3.63, 3.8) is 0 Å². The molecule has 0 saturated carbocycles. The Morgan fingerprint density at radius 1 is 1.31 bits per heavy atom. The minimum absolute atomic E-state index is 0. The quantitative estimate of drug-likeness (QED) is 0.474. The maximum atomic E-state index is 2.41. The van der Waals surface area contributed by atoms with Gasteiger partial charge >= 0.3 is 0 Å². The molecule has 0 unspecified atom stereocenters. The molecular weight excluding hydrogens is 184 g/mol. The van der Waals surface area contributed by atoms with Crippen LogP contribution >= 0.6 is 0 Å². The number of nitrogens with zero attached hydrogens (tertiary/aromatic N) is 2. The highest BCUT2D eigenvalue weighted by molar-refractivity contribution is 5.51. The lowest BCUT2D eigenvalue weighted by Crippen LogP contribution is -3.00. The maximum absolute atomic E-state index is 2.41. The fourth-order valence-electron chi connectivity index (χ4n) is 1.42. The van der Waals surface area contributed by atoms with Crippen molar-refractivity contribution in [2.24, 2.45) is 0 Å². The lowest BCUT2D eigenvalue weighted by Gasteiger charge is -2.23. The zero-order valence-electron chi connectivity index (χ0n) is 9.34. The Bertz CT molecular complexity index is 192. The Morgan fingerprint density at radius 3 is 2.08 bits per heavy atom. The molecule has 78 valence electrons. The molecule has 1 aliphatic heterocycles. The minimum atomic E-state index is 0. The van der Waals surface area contributed by atoms with Crippen LogP contribution in [0.4, 0.5) is 0 Å². The van der Waals surface area contributed by atoms with Crippen molar-refractivity contribution in [2.75, 3.05) is 13.1 Å². The van der Waals surface area contributed by atoms with Gasteiger partial charge in [0.25, 0.3) is 0 Å². The molecule has 3 heteroatoms. The van der Waals surface area contributed by atoms with Crippen molar-refractivity contribution in [2.45, 2.75) is 46.2 Å². The summed E-state index contributed by atoms with van der Waals surface area (Å²) >= 11 is 0. The molecule has 0 spiro atoms. The van der Waals surface area contributed by atoms with Crippen molar-refractivity contribution >= 4 is 6.34 Å². The van der Waals surface area contributed by atoms with E-state index >= 15 is 0 Å². The highest BCUT2D eigenvalue weighted by atomic mass is 35.5. The molecule has 0 radical (unpaired) electrons. The van der Waals surface area contributed by atoms with Crippen LogP contribution in [0.25, 0.3) is 0 Å². The van der Waals surface area contributed by atoms with Gasteiger partial charge in [0.1, 0.15) is 13.1 Å². The summed E-state index contributed by atoms with van der Waals surface area (Å²) in [4.78, 5) is 2.41. The van der Waals surface area contributed by atoms with E-state index in [2.05, 4.69) is 50.4 Å². The maximum Gasteiger partial charge on any atom is 0.235 e. The fraction of sp³-hybridized carbons (Fsp3) is 0.900. The second-order valence-electron chi connectivity index (χ2n) is 4.81. The van der Waals surface area contributed by atoms with E-state index in [1.54, 1.807) is 0 Å². The summed E-state index contributed by atoms with van der Waals surface area (Å²) < 4.78 is 2.39.